The Morgan fingerprint density at radius 2 is 1.94 bits per heavy atom. The first kappa shape index (κ1) is 12.1. The van der Waals surface area contributed by atoms with Crippen LogP contribution in [0.4, 0.5) is 0 Å². The molecular formula is C14H21N2O+. The number of amides is 1. The molecule has 1 aliphatic rings. The molecule has 3 nitrogen and oxygen atoms in total. The topological polar surface area (TPSA) is 45.7 Å². The predicted molar refractivity (Wildman–Crippen MR) is 67.4 cm³/mol. The van der Waals surface area contributed by atoms with E-state index in [0.717, 1.165) is 25.9 Å². The molecule has 0 bridgehead atoms. The molecule has 2 rings (SSSR count). The summed E-state index contributed by atoms with van der Waals surface area (Å²) in [5, 5.41) is 5.40. The maximum Gasteiger partial charge on any atom is 0.224 e. The molecule has 1 aliphatic heterocycles. The third-order valence-electron chi connectivity index (χ3n) is 3.47. The van der Waals surface area contributed by atoms with Crippen molar-refractivity contribution >= 4 is 5.91 Å². The summed E-state index contributed by atoms with van der Waals surface area (Å²) in [5.41, 5.74) is 1.17. The first-order valence-electron chi connectivity index (χ1n) is 6.44. The van der Waals surface area contributed by atoms with Gasteiger partial charge >= 0.3 is 0 Å². The Balaban J connectivity index is 1.89. The zero-order chi connectivity index (χ0) is 12.1. The third-order valence-corrected chi connectivity index (χ3v) is 3.47. The van der Waals surface area contributed by atoms with Gasteiger partial charge in [-0.1, -0.05) is 30.3 Å². The number of nitrogens with two attached hydrogens (primary N) is 1. The van der Waals surface area contributed by atoms with Gasteiger partial charge in [0.25, 0.3) is 0 Å². The molecule has 1 atom stereocenters. The normalized spacial score (nSPS) is 18.6. The Bertz CT molecular complexity index is 358. The largest absolute Gasteiger partial charge is 0.349 e. The molecule has 0 aliphatic carbocycles. The molecule has 3 heteroatoms. The number of quaternary nitrogens is 1. The Labute approximate surface area is 103 Å². The standard InChI is InChI=1S/C14H20N2O/c1-11(12-5-3-2-4-6-12)16-14(17)13-7-9-15-10-8-13/h2-6,11,13,15H,7-10H2,1H3,(H,16,17)/p+1/t11-/m0/s1. The van der Waals surface area contributed by atoms with Gasteiger partial charge in [0, 0.05) is 18.8 Å². The fourth-order valence-electron chi connectivity index (χ4n) is 2.35. The van der Waals surface area contributed by atoms with E-state index in [1.807, 2.05) is 25.1 Å². The van der Waals surface area contributed by atoms with Gasteiger partial charge < -0.3 is 10.6 Å². The van der Waals surface area contributed by atoms with Gasteiger partial charge in [-0.15, -0.1) is 0 Å². The van der Waals surface area contributed by atoms with Crippen LogP contribution in [0.1, 0.15) is 31.4 Å². The van der Waals surface area contributed by atoms with Crippen LogP contribution in [0.2, 0.25) is 0 Å². The maximum absolute atomic E-state index is 12.1. The number of benzene rings is 1. The quantitative estimate of drug-likeness (QED) is 0.798. The Morgan fingerprint density at radius 3 is 2.59 bits per heavy atom. The summed E-state index contributed by atoms with van der Waals surface area (Å²) in [5.74, 6) is 0.431. The lowest BCUT2D eigenvalue weighted by atomic mass is 9.96. The van der Waals surface area contributed by atoms with Crippen LogP contribution in [0.25, 0.3) is 0 Å². The van der Waals surface area contributed by atoms with Gasteiger partial charge in [-0.2, -0.15) is 0 Å². The summed E-state index contributed by atoms with van der Waals surface area (Å²) in [7, 11) is 0. The Kier molecular flexibility index (Phi) is 4.15. The minimum atomic E-state index is 0.106. The number of rotatable bonds is 3. The molecule has 3 N–H and O–H groups in total. The van der Waals surface area contributed by atoms with Crippen LogP contribution in [-0.2, 0) is 4.79 Å². The van der Waals surface area contributed by atoms with Crippen LogP contribution in [-0.4, -0.2) is 19.0 Å². The first-order valence-corrected chi connectivity index (χ1v) is 6.44. The maximum atomic E-state index is 12.1. The number of hydrogen-bond donors (Lipinski definition) is 2. The highest BCUT2D eigenvalue weighted by atomic mass is 16.1. The molecule has 0 spiro atoms. The van der Waals surface area contributed by atoms with Crippen molar-refractivity contribution in [3.63, 3.8) is 0 Å². The average molecular weight is 233 g/mol. The van der Waals surface area contributed by atoms with Gasteiger partial charge in [-0.05, 0) is 12.5 Å². The minimum absolute atomic E-state index is 0.106. The summed E-state index contributed by atoms with van der Waals surface area (Å²) >= 11 is 0. The van der Waals surface area contributed by atoms with Crippen molar-refractivity contribution in [3.8, 4) is 0 Å². The predicted octanol–water partition coefficient (Wildman–Crippen LogP) is 0.837. The van der Waals surface area contributed by atoms with Crippen molar-refractivity contribution in [1.82, 2.24) is 5.32 Å². The van der Waals surface area contributed by atoms with Gasteiger partial charge in [0.2, 0.25) is 5.91 Å². The Morgan fingerprint density at radius 1 is 1.29 bits per heavy atom. The van der Waals surface area contributed by atoms with Crippen molar-refractivity contribution in [2.75, 3.05) is 13.1 Å². The zero-order valence-electron chi connectivity index (χ0n) is 10.4. The van der Waals surface area contributed by atoms with Crippen LogP contribution in [0.15, 0.2) is 30.3 Å². The number of piperidine rings is 1. The van der Waals surface area contributed by atoms with Crippen LogP contribution < -0.4 is 10.6 Å². The van der Waals surface area contributed by atoms with Gasteiger partial charge in [-0.3, -0.25) is 4.79 Å². The minimum Gasteiger partial charge on any atom is -0.349 e. The van der Waals surface area contributed by atoms with Crippen molar-refractivity contribution < 1.29 is 10.1 Å². The summed E-state index contributed by atoms with van der Waals surface area (Å²) < 4.78 is 0. The number of nitrogens with one attached hydrogen (secondary N) is 1. The van der Waals surface area contributed by atoms with Crippen molar-refractivity contribution in [2.45, 2.75) is 25.8 Å². The highest BCUT2D eigenvalue weighted by molar-refractivity contribution is 5.79. The van der Waals surface area contributed by atoms with Crippen molar-refractivity contribution in [2.24, 2.45) is 5.92 Å². The molecule has 0 unspecified atom stereocenters. The van der Waals surface area contributed by atoms with Crippen LogP contribution >= 0.6 is 0 Å². The zero-order valence-corrected chi connectivity index (χ0v) is 10.4. The van der Waals surface area contributed by atoms with Gasteiger partial charge in [-0.25, -0.2) is 0 Å². The fourth-order valence-corrected chi connectivity index (χ4v) is 2.35. The average Bonchev–Trinajstić information content (AvgIpc) is 2.40. The van der Waals surface area contributed by atoms with E-state index in [-0.39, 0.29) is 17.9 Å². The molecule has 92 valence electrons. The first-order chi connectivity index (χ1) is 8.27. The summed E-state index contributed by atoms with van der Waals surface area (Å²) in [6.07, 6.45) is 2.01. The molecule has 1 fully saturated rings. The highest BCUT2D eigenvalue weighted by Gasteiger charge is 2.23. The van der Waals surface area contributed by atoms with E-state index in [0.29, 0.717) is 0 Å². The summed E-state index contributed by atoms with van der Waals surface area (Å²) in [6.45, 7) is 4.21. The van der Waals surface area contributed by atoms with E-state index in [2.05, 4.69) is 22.8 Å². The van der Waals surface area contributed by atoms with E-state index < -0.39 is 0 Å². The lowest BCUT2D eigenvalue weighted by Gasteiger charge is -2.22. The highest BCUT2D eigenvalue weighted by Crippen LogP contribution is 2.14. The number of carbonyl (C=O) groups is 1. The fraction of sp³-hybridized carbons (Fsp3) is 0.500. The monoisotopic (exact) mass is 233 g/mol. The second-order valence-electron chi connectivity index (χ2n) is 4.78. The van der Waals surface area contributed by atoms with E-state index in [1.54, 1.807) is 0 Å². The van der Waals surface area contributed by atoms with Gasteiger partial charge in [0.05, 0.1) is 19.1 Å². The smallest absolute Gasteiger partial charge is 0.224 e. The van der Waals surface area contributed by atoms with E-state index in [9.17, 15) is 4.79 Å². The van der Waals surface area contributed by atoms with E-state index in [4.69, 9.17) is 0 Å². The molecule has 17 heavy (non-hydrogen) atoms. The second kappa shape index (κ2) is 5.82. The third kappa shape index (κ3) is 3.30. The van der Waals surface area contributed by atoms with E-state index >= 15 is 0 Å². The molecule has 1 aromatic carbocycles. The lowest BCUT2D eigenvalue weighted by Crippen LogP contribution is -2.86. The van der Waals surface area contributed by atoms with Crippen molar-refractivity contribution in [1.29, 1.82) is 0 Å². The Hall–Kier alpha value is -1.35. The van der Waals surface area contributed by atoms with Gasteiger partial charge in [0.1, 0.15) is 0 Å². The molecule has 0 saturated carbocycles. The van der Waals surface area contributed by atoms with Crippen LogP contribution in [0.5, 0.6) is 0 Å². The van der Waals surface area contributed by atoms with Crippen molar-refractivity contribution in [3.05, 3.63) is 35.9 Å². The van der Waals surface area contributed by atoms with E-state index in [1.165, 1.54) is 5.56 Å². The number of hydrogen-bond acceptors (Lipinski definition) is 1. The SMILES string of the molecule is C[C@H](NC(=O)C1CC[NH2+]CC1)c1ccccc1. The molecule has 0 aromatic heterocycles. The second-order valence-corrected chi connectivity index (χ2v) is 4.78. The van der Waals surface area contributed by atoms with Gasteiger partial charge in [0.15, 0.2) is 0 Å². The number of carbonyl (C=O) groups excluding carboxylic acids is 1. The van der Waals surface area contributed by atoms with Crippen LogP contribution in [0, 0.1) is 5.92 Å². The molecule has 1 heterocycles. The summed E-state index contributed by atoms with van der Waals surface area (Å²) in [4.78, 5) is 12.1. The molecule has 1 aromatic rings. The molecular weight excluding hydrogens is 212 g/mol. The summed E-state index contributed by atoms with van der Waals surface area (Å²) in [6, 6.07) is 10.2. The molecule has 1 amide bonds. The lowest BCUT2D eigenvalue weighted by molar-refractivity contribution is -0.664. The van der Waals surface area contributed by atoms with Crippen LogP contribution in [0.3, 0.4) is 0 Å². The molecule has 1 saturated heterocycles. The molecule has 0 radical (unpaired) electrons.